The lowest BCUT2D eigenvalue weighted by molar-refractivity contribution is 0.0469. The van der Waals surface area contributed by atoms with Crippen molar-refractivity contribution >= 4 is 11.5 Å². The Morgan fingerprint density at radius 1 is 1.22 bits per heavy atom. The first-order chi connectivity index (χ1) is 11.2. The Kier molecular flexibility index (Phi) is 3.98. The van der Waals surface area contributed by atoms with E-state index in [-0.39, 0.29) is 6.61 Å². The van der Waals surface area contributed by atoms with Crippen LogP contribution >= 0.6 is 0 Å². The number of nitriles is 1. The minimum Gasteiger partial charge on any atom is -0.496 e. The van der Waals surface area contributed by atoms with Crippen molar-refractivity contribution < 1.29 is 14.3 Å². The van der Waals surface area contributed by atoms with Crippen LogP contribution in [0.1, 0.15) is 21.5 Å². The summed E-state index contributed by atoms with van der Waals surface area (Å²) in [5, 5.41) is 9.35. The number of carbonyl (C=O) groups is 1. The summed E-state index contributed by atoms with van der Waals surface area (Å²) in [6, 6.07) is 14.6. The average Bonchev–Trinajstić information content (AvgIpc) is 2.97. The molecule has 0 radical (unpaired) electrons. The predicted molar refractivity (Wildman–Crippen MR) is 84.2 cm³/mol. The third kappa shape index (κ3) is 2.74. The number of pyridine rings is 1. The number of benzene rings is 1. The highest BCUT2D eigenvalue weighted by molar-refractivity contribution is 5.92. The molecule has 0 fully saturated rings. The highest BCUT2D eigenvalue weighted by Crippen LogP contribution is 2.21. The first kappa shape index (κ1) is 14.7. The predicted octanol–water partition coefficient (Wildman–Crippen LogP) is 3.18. The van der Waals surface area contributed by atoms with Crippen LogP contribution in [0.2, 0.25) is 0 Å². The lowest BCUT2D eigenvalue weighted by Gasteiger charge is -2.08. The number of para-hydroxylation sites is 1. The van der Waals surface area contributed by atoms with E-state index < -0.39 is 5.97 Å². The number of hydrogen-bond acceptors (Lipinski definition) is 4. The molecule has 0 aliphatic rings. The first-order valence-corrected chi connectivity index (χ1v) is 7.03. The van der Waals surface area contributed by atoms with Crippen molar-refractivity contribution in [1.29, 1.82) is 5.26 Å². The minimum absolute atomic E-state index is 0.0292. The molecule has 1 aromatic carbocycles. The van der Waals surface area contributed by atoms with Crippen LogP contribution < -0.4 is 4.74 Å². The quantitative estimate of drug-likeness (QED) is 0.694. The number of aromatic nitrogens is 1. The number of rotatable bonds is 4. The van der Waals surface area contributed by atoms with Crippen LogP contribution in [-0.2, 0) is 11.3 Å². The lowest BCUT2D eigenvalue weighted by Crippen LogP contribution is -2.07. The van der Waals surface area contributed by atoms with Gasteiger partial charge in [0.05, 0.1) is 18.2 Å². The van der Waals surface area contributed by atoms with Crippen LogP contribution in [-0.4, -0.2) is 17.5 Å². The molecule has 0 saturated heterocycles. The summed E-state index contributed by atoms with van der Waals surface area (Å²) in [7, 11) is 1.50. The maximum absolute atomic E-state index is 12.2. The van der Waals surface area contributed by atoms with Crippen molar-refractivity contribution in [2.24, 2.45) is 0 Å². The number of esters is 1. The number of methoxy groups -OCH3 is 1. The molecule has 2 heterocycles. The molecule has 114 valence electrons. The Hall–Kier alpha value is -3.26. The smallest absolute Gasteiger partial charge is 0.342 e. The van der Waals surface area contributed by atoms with Crippen LogP contribution in [0, 0.1) is 11.3 Å². The molecule has 23 heavy (non-hydrogen) atoms. The molecule has 2 aromatic heterocycles. The van der Waals surface area contributed by atoms with Gasteiger partial charge in [-0.1, -0.05) is 18.2 Å². The second-order valence-corrected chi connectivity index (χ2v) is 4.91. The summed E-state index contributed by atoms with van der Waals surface area (Å²) in [6.45, 7) is 0.0292. The summed E-state index contributed by atoms with van der Waals surface area (Å²) in [5.74, 6) is -0.0263. The van der Waals surface area contributed by atoms with Gasteiger partial charge in [-0.2, -0.15) is 5.26 Å². The number of fused-ring (bicyclic) bond motifs is 1. The van der Waals surface area contributed by atoms with E-state index in [1.165, 1.54) is 7.11 Å². The van der Waals surface area contributed by atoms with Crippen LogP contribution in [0.15, 0.2) is 54.9 Å². The van der Waals surface area contributed by atoms with Crippen LogP contribution in [0.4, 0.5) is 0 Å². The van der Waals surface area contributed by atoms with Crippen LogP contribution in [0.3, 0.4) is 0 Å². The van der Waals surface area contributed by atoms with Gasteiger partial charge in [-0.15, -0.1) is 0 Å². The van der Waals surface area contributed by atoms with Crippen LogP contribution in [0.5, 0.6) is 5.75 Å². The SMILES string of the molecule is COc1ccccc1C(=O)OCc1cn2ccccc2c1C#N. The molecule has 3 aromatic rings. The molecule has 0 aliphatic carbocycles. The van der Waals surface area contributed by atoms with E-state index >= 15 is 0 Å². The van der Waals surface area contributed by atoms with E-state index in [0.29, 0.717) is 22.4 Å². The van der Waals surface area contributed by atoms with E-state index in [9.17, 15) is 10.1 Å². The number of nitrogens with zero attached hydrogens (tertiary/aromatic N) is 2. The van der Waals surface area contributed by atoms with Gasteiger partial charge in [-0.3, -0.25) is 0 Å². The molecule has 0 spiro atoms. The molecule has 3 rings (SSSR count). The van der Waals surface area contributed by atoms with Crippen molar-refractivity contribution in [3.05, 3.63) is 71.5 Å². The summed E-state index contributed by atoms with van der Waals surface area (Å²) in [5.41, 5.74) is 2.33. The Morgan fingerprint density at radius 2 is 2.00 bits per heavy atom. The van der Waals surface area contributed by atoms with Crippen LogP contribution in [0.25, 0.3) is 5.52 Å². The normalized spacial score (nSPS) is 10.3. The van der Waals surface area contributed by atoms with Gasteiger partial charge in [0.1, 0.15) is 24.0 Å². The van der Waals surface area contributed by atoms with Gasteiger partial charge in [0.15, 0.2) is 0 Å². The van der Waals surface area contributed by atoms with Gasteiger partial charge < -0.3 is 13.9 Å². The zero-order valence-electron chi connectivity index (χ0n) is 12.5. The molecule has 5 nitrogen and oxygen atoms in total. The monoisotopic (exact) mass is 306 g/mol. The van der Waals surface area contributed by atoms with E-state index in [1.54, 1.807) is 30.5 Å². The summed E-state index contributed by atoms with van der Waals surface area (Å²) < 4.78 is 12.3. The first-order valence-electron chi connectivity index (χ1n) is 7.03. The molecule has 0 saturated carbocycles. The minimum atomic E-state index is -0.485. The molecule has 0 N–H and O–H groups in total. The molecular weight excluding hydrogens is 292 g/mol. The Balaban J connectivity index is 1.84. The van der Waals surface area contributed by atoms with Crippen molar-refractivity contribution in [2.45, 2.75) is 6.61 Å². The van der Waals surface area contributed by atoms with E-state index in [0.717, 1.165) is 5.52 Å². The molecule has 0 bridgehead atoms. The van der Waals surface area contributed by atoms with Crippen molar-refractivity contribution in [1.82, 2.24) is 4.40 Å². The summed E-state index contributed by atoms with van der Waals surface area (Å²) in [4.78, 5) is 12.2. The Labute approximate surface area is 133 Å². The van der Waals surface area contributed by atoms with Crippen molar-refractivity contribution in [2.75, 3.05) is 7.11 Å². The van der Waals surface area contributed by atoms with Gasteiger partial charge in [-0.05, 0) is 24.3 Å². The molecule has 0 amide bonds. The Bertz CT molecular complexity index is 906. The highest BCUT2D eigenvalue weighted by Gasteiger charge is 2.16. The molecule has 5 heteroatoms. The van der Waals surface area contributed by atoms with E-state index in [2.05, 4.69) is 6.07 Å². The molecule has 0 unspecified atom stereocenters. The highest BCUT2D eigenvalue weighted by atomic mass is 16.5. The number of hydrogen-bond donors (Lipinski definition) is 0. The summed E-state index contributed by atoms with van der Waals surface area (Å²) >= 11 is 0. The largest absolute Gasteiger partial charge is 0.496 e. The van der Waals surface area contributed by atoms with Gasteiger partial charge in [0.25, 0.3) is 0 Å². The third-order valence-electron chi connectivity index (χ3n) is 3.56. The Morgan fingerprint density at radius 3 is 2.78 bits per heavy atom. The second-order valence-electron chi connectivity index (χ2n) is 4.91. The third-order valence-corrected chi connectivity index (χ3v) is 3.56. The maximum atomic E-state index is 12.2. The fourth-order valence-electron chi connectivity index (χ4n) is 2.45. The van der Waals surface area contributed by atoms with E-state index in [1.807, 2.05) is 28.8 Å². The zero-order valence-corrected chi connectivity index (χ0v) is 12.5. The zero-order chi connectivity index (χ0) is 16.2. The average molecular weight is 306 g/mol. The molecule has 0 aliphatic heterocycles. The summed E-state index contributed by atoms with van der Waals surface area (Å²) in [6.07, 6.45) is 3.64. The standard InChI is InChI=1S/C18H14N2O3/c1-22-17-8-3-2-6-14(17)18(21)23-12-13-11-20-9-5-4-7-16(20)15(13)10-19/h2-9,11H,12H2,1H3. The fraction of sp³-hybridized carbons (Fsp3) is 0.111. The topological polar surface area (TPSA) is 63.7 Å². The van der Waals surface area contributed by atoms with Crippen molar-refractivity contribution in [3.8, 4) is 11.8 Å². The molecular formula is C18H14N2O3. The number of ether oxygens (including phenoxy) is 2. The van der Waals surface area contributed by atoms with E-state index in [4.69, 9.17) is 9.47 Å². The second kappa shape index (κ2) is 6.24. The van der Waals surface area contributed by atoms with Crippen molar-refractivity contribution in [3.63, 3.8) is 0 Å². The fourth-order valence-corrected chi connectivity index (χ4v) is 2.45. The molecule has 0 atom stereocenters. The van der Waals surface area contributed by atoms with Gasteiger partial charge in [0, 0.05) is 18.0 Å². The maximum Gasteiger partial charge on any atom is 0.342 e. The number of carbonyl (C=O) groups excluding carboxylic acids is 1. The lowest BCUT2D eigenvalue weighted by atomic mass is 10.2. The van der Waals surface area contributed by atoms with Gasteiger partial charge in [-0.25, -0.2) is 4.79 Å². The van der Waals surface area contributed by atoms with Gasteiger partial charge in [0.2, 0.25) is 0 Å². The van der Waals surface area contributed by atoms with Gasteiger partial charge >= 0.3 is 5.97 Å².